The summed E-state index contributed by atoms with van der Waals surface area (Å²) in [7, 11) is 0. The molecule has 0 unspecified atom stereocenters. The van der Waals surface area contributed by atoms with Crippen LogP contribution in [-0.4, -0.2) is 29.3 Å². The second-order valence-corrected chi connectivity index (χ2v) is 1.25. The highest BCUT2D eigenvalue weighted by molar-refractivity contribution is 5.66. The monoisotopic (exact) mass is 135 g/mol. The summed E-state index contributed by atoms with van der Waals surface area (Å²) in [5.41, 5.74) is 4.85. The Labute approximate surface area is 54.3 Å². The van der Waals surface area contributed by atoms with Gasteiger partial charge in [-0.1, -0.05) is 0 Å². The molecule has 0 aromatic heterocycles. The van der Waals surface area contributed by atoms with E-state index < -0.39 is 5.97 Å². The van der Waals surface area contributed by atoms with Crippen LogP contribution in [0.25, 0.3) is 0 Å². The Balaban J connectivity index is 0. The Hall–Kier alpha value is -0.610. The van der Waals surface area contributed by atoms with E-state index in [1.807, 2.05) is 0 Å². The van der Waals surface area contributed by atoms with Crippen LogP contribution in [0.2, 0.25) is 0 Å². The lowest BCUT2D eigenvalue weighted by Crippen LogP contribution is -2.05. The first-order chi connectivity index (χ1) is 4.18. The van der Waals surface area contributed by atoms with Crippen molar-refractivity contribution in [3.05, 3.63) is 0 Å². The molecule has 0 aliphatic heterocycles. The molecule has 4 heteroatoms. The molecule has 0 aromatic carbocycles. The van der Waals surface area contributed by atoms with Crippen LogP contribution in [0, 0.1) is 0 Å². The highest BCUT2D eigenvalue weighted by Gasteiger charge is 1.87. The van der Waals surface area contributed by atoms with Gasteiger partial charge in [0.15, 0.2) is 0 Å². The summed E-state index contributed by atoms with van der Waals surface area (Å²) in [6.45, 7) is 2.16. The van der Waals surface area contributed by atoms with E-state index in [-0.39, 0.29) is 19.6 Å². The van der Waals surface area contributed by atoms with Crippen molar-refractivity contribution in [3.63, 3.8) is 0 Å². The first kappa shape index (κ1) is 11.2. The molecule has 0 bridgehead atoms. The second-order valence-electron chi connectivity index (χ2n) is 1.25. The van der Waals surface area contributed by atoms with Crippen LogP contribution in [0.5, 0.6) is 0 Å². The minimum atomic E-state index is -0.836. The minimum absolute atomic E-state index is 0.0694. The van der Waals surface area contributed by atoms with Gasteiger partial charge in [-0.3, -0.25) is 4.79 Å². The highest BCUT2D eigenvalue weighted by Crippen LogP contribution is 1.67. The lowest BCUT2D eigenvalue weighted by atomic mass is 10.5. The maximum absolute atomic E-state index is 9.52. The quantitative estimate of drug-likeness (QED) is 0.473. The number of rotatable bonds is 2. The van der Waals surface area contributed by atoms with Crippen molar-refractivity contribution in [2.45, 2.75) is 13.3 Å². The zero-order valence-electron chi connectivity index (χ0n) is 5.50. The lowest BCUT2D eigenvalue weighted by Gasteiger charge is -1.80. The number of aliphatic hydroxyl groups is 1. The fourth-order valence-corrected chi connectivity index (χ4v) is 0.123. The van der Waals surface area contributed by atoms with Gasteiger partial charge in [0.1, 0.15) is 0 Å². The highest BCUT2D eigenvalue weighted by atomic mass is 16.4. The van der Waals surface area contributed by atoms with Crippen LogP contribution in [-0.2, 0) is 4.79 Å². The average Bonchev–Trinajstić information content (AvgIpc) is 1.67. The number of carboxylic acid groups (broad SMARTS) is 1. The van der Waals surface area contributed by atoms with Crippen molar-refractivity contribution < 1.29 is 15.0 Å². The molecule has 0 aliphatic rings. The van der Waals surface area contributed by atoms with Gasteiger partial charge in [-0.25, -0.2) is 0 Å². The summed E-state index contributed by atoms with van der Waals surface area (Å²) in [6.07, 6.45) is 0.0694. The predicted octanol–water partition coefficient (Wildman–Crippen LogP) is -0.582. The van der Waals surface area contributed by atoms with Crippen molar-refractivity contribution in [2.24, 2.45) is 5.73 Å². The maximum atomic E-state index is 9.52. The fourth-order valence-electron chi connectivity index (χ4n) is 0.123. The van der Waals surface area contributed by atoms with Crippen LogP contribution in [0.4, 0.5) is 0 Å². The number of carboxylic acids is 1. The van der Waals surface area contributed by atoms with E-state index in [2.05, 4.69) is 0 Å². The summed E-state index contributed by atoms with van der Waals surface area (Å²) < 4.78 is 0. The van der Waals surface area contributed by atoms with Crippen molar-refractivity contribution in [1.29, 1.82) is 0 Å². The molecular formula is C5H13NO3. The molecule has 0 heterocycles. The molecule has 0 saturated carbocycles. The van der Waals surface area contributed by atoms with Crippen LogP contribution in [0.1, 0.15) is 13.3 Å². The fraction of sp³-hybridized carbons (Fsp3) is 0.800. The van der Waals surface area contributed by atoms with Crippen molar-refractivity contribution in [1.82, 2.24) is 0 Å². The predicted molar refractivity (Wildman–Crippen MR) is 34.1 cm³/mol. The zero-order chi connectivity index (χ0) is 7.70. The second kappa shape index (κ2) is 10.4. The number of nitrogens with two attached hydrogens (primary N) is 1. The molecule has 0 amide bonds. The maximum Gasteiger partial charge on any atom is 0.304 e. The molecule has 0 spiro atoms. The number of carbonyl (C=O) groups is 1. The largest absolute Gasteiger partial charge is 0.481 e. The lowest BCUT2D eigenvalue weighted by molar-refractivity contribution is -0.136. The van der Waals surface area contributed by atoms with Crippen LogP contribution in [0.15, 0.2) is 0 Å². The van der Waals surface area contributed by atoms with Crippen LogP contribution in [0.3, 0.4) is 0 Å². The van der Waals surface area contributed by atoms with E-state index in [1.165, 1.54) is 0 Å². The Morgan fingerprint density at radius 1 is 1.67 bits per heavy atom. The van der Waals surface area contributed by atoms with Crippen LogP contribution >= 0.6 is 0 Å². The molecule has 0 rings (SSSR count). The number of hydrogen-bond acceptors (Lipinski definition) is 3. The van der Waals surface area contributed by atoms with Gasteiger partial charge >= 0.3 is 5.97 Å². The van der Waals surface area contributed by atoms with E-state index in [1.54, 1.807) is 6.92 Å². The van der Waals surface area contributed by atoms with Gasteiger partial charge in [0.05, 0.1) is 6.42 Å². The molecule has 4 nitrogen and oxygen atoms in total. The molecule has 0 aromatic rings. The van der Waals surface area contributed by atoms with Gasteiger partial charge in [-0.2, -0.15) is 0 Å². The van der Waals surface area contributed by atoms with Crippen LogP contribution < -0.4 is 5.73 Å². The number of hydrogen-bond donors (Lipinski definition) is 3. The smallest absolute Gasteiger partial charge is 0.304 e. The van der Waals surface area contributed by atoms with Gasteiger partial charge in [0.2, 0.25) is 0 Å². The van der Waals surface area contributed by atoms with E-state index >= 15 is 0 Å². The molecule has 56 valence electrons. The molecule has 0 saturated heterocycles. The first-order valence-electron chi connectivity index (χ1n) is 2.71. The third-order valence-electron chi connectivity index (χ3n) is 0.358. The third-order valence-corrected chi connectivity index (χ3v) is 0.358. The minimum Gasteiger partial charge on any atom is -0.481 e. The van der Waals surface area contributed by atoms with E-state index in [0.29, 0.717) is 0 Å². The first-order valence-corrected chi connectivity index (χ1v) is 2.71. The van der Waals surface area contributed by atoms with E-state index in [4.69, 9.17) is 15.9 Å². The molecule has 9 heavy (non-hydrogen) atoms. The van der Waals surface area contributed by atoms with Crippen molar-refractivity contribution in [2.75, 3.05) is 13.2 Å². The molecular weight excluding hydrogens is 122 g/mol. The van der Waals surface area contributed by atoms with E-state index in [0.717, 1.165) is 0 Å². The third kappa shape index (κ3) is 37.6. The summed E-state index contributed by atoms with van der Waals surface area (Å²) in [5, 5.41) is 15.4. The standard InChI is InChI=1S/C3H7NO2.C2H6O/c4-2-1-3(5)6;1-2-3/h1-2,4H2,(H,5,6);3H,2H2,1H3. The normalized spacial score (nSPS) is 7.44. The molecule has 0 aliphatic carbocycles. The number of aliphatic hydroxyl groups excluding tert-OH is 1. The zero-order valence-corrected chi connectivity index (χ0v) is 5.50. The Morgan fingerprint density at radius 3 is 2.00 bits per heavy atom. The Kier molecular flexibility index (Phi) is 13.0. The molecule has 0 atom stereocenters. The Bertz CT molecular complexity index is 65.2. The molecule has 0 radical (unpaired) electrons. The topological polar surface area (TPSA) is 83.5 Å². The van der Waals surface area contributed by atoms with Gasteiger partial charge in [-0.05, 0) is 6.92 Å². The summed E-state index contributed by atoms with van der Waals surface area (Å²) in [4.78, 5) is 9.52. The van der Waals surface area contributed by atoms with Gasteiger partial charge in [0.25, 0.3) is 0 Å². The molecule has 4 N–H and O–H groups in total. The average molecular weight is 135 g/mol. The van der Waals surface area contributed by atoms with Gasteiger partial charge in [0, 0.05) is 13.2 Å². The summed E-state index contributed by atoms with van der Waals surface area (Å²) >= 11 is 0. The SMILES string of the molecule is CCO.NCCC(=O)O. The Morgan fingerprint density at radius 2 is 2.00 bits per heavy atom. The number of aliphatic carboxylic acids is 1. The van der Waals surface area contributed by atoms with Crippen molar-refractivity contribution >= 4 is 5.97 Å². The van der Waals surface area contributed by atoms with E-state index in [9.17, 15) is 4.79 Å². The summed E-state index contributed by atoms with van der Waals surface area (Å²) in [6, 6.07) is 0. The van der Waals surface area contributed by atoms with Gasteiger partial charge in [-0.15, -0.1) is 0 Å². The van der Waals surface area contributed by atoms with Crippen molar-refractivity contribution in [3.8, 4) is 0 Å². The molecule has 0 fully saturated rings. The summed E-state index contributed by atoms with van der Waals surface area (Å²) in [5.74, 6) is -0.836. The van der Waals surface area contributed by atoms with Gasteiger partial charge < -0.3 is 15.9 Å².